The summed E-state index contributed by atoms with van der Waals surface area (Å²) in [5.41, 5.74) is 0.255. The minimum atomic E-state index is -1.87. The molecule has 2 amide bonds. The second-order valence-corrected chi connectivity index (χ2v) is 11.9. The maximum atomic E-state index is 12.8. The Morgan fingerprint density at radius 1 is 1.17 bits per heavy atom. The molecule has 1 aliphatic rings. The highest BCUT2D eigenvalue weighted by atomic mass is 28.3. The summed E-state index contributed by atoms with van der Waals surface area (Å²) >= 11 is 0. The van der Waals surface area contributed by atoms with Crippen LogP contribution in [-0.4, -0.2) is 38.1 Å². The summed E-state index contributed by atoms with van der Waals surface area (Å²) in [6.45, 7) is 11.6. The van der Waals surface area contributed by atoms with Crippen LogP contribution in [0, 0.1) is 11.8 Å². The molecule has 1 aromatic rings. The zero-order valence-electron chi connectivity index (χ0n) is 14.7. The molecule has 5 heteroatoms. The number of carbonyl (C=O) groups excluding carboxylic acids is 2. The van der Waals surface area contributed by atoms with Crippen LogP contribution >= 0.6 is 0 Å². The normalized spacial score (nSPS) is 18.0. The highest BCUT2D eigenvalue weighted by Crippen LogP contribution is 2.38. The molecule has 2 rings (SSSR count). The summed E-state index contributed by atoms with van der Waals surface area (Å²) < 4.78 is 4.92. The lowest BCUT2D eigenvalue weighted by atomic mass is 9.96. The summed E-state index contributed by atoms with van der Waals surface area (Å²) in [4.78, 5) is 25.8. The third kappa shape index (κ3) is 3.49. The lowest BCUT2D eigenvalue weighted by Gasteiger charge is -2.40. The Bertz CT molecular complexity index is 571. The molecule has 0 unspecified atom stereocenters. The standard InChI is InChI=1S/C18H27NO3Si/c1-13(2)16(23(4,5)15-9-7-6-8-10-15)14(3)17(20)19-11-12-22-18(19)21/h6-10,13-14,16H,11-12H2,1-5H3/t14-,16+/m1/s1. The van der Waals surface area contributed by atoms with Crippen molar-refractivity contribution >= 4 is 25.3 Å². The van der Waals surface area contributed by atoms with E-state index in [4.69, 9.17) is 4.74 Å². The summed E-state index contributed by atoms with van der Waals surface area (Å²) in [5, 5.41) is 1.35. The van der Waals surface area contributed by atoms with E-state index in [-0.39, 0.29) is 17.4 Å². The molecule has 0 aliphatic carbocycles. The fourth-order valence-electron chi connectivity index (χ4n) is 4.09. The lowest BCUT2D eigenvalue weighted by Crippen LogP contribution is -2.52. The second-order valence-electron chi connectivity index (χ2n) is 7.25. The zero-order chi connectivity index (χ0) is 17.2. The Hall–Kier alpha value is -1.62. The quantitative estimate of drug-likeness (QED) is 0.777. The molecule has 126 valence electrons. The molecule has 0 N–H and O–H groups in total. The van der Waals surface area contributed by atoms with Crippen LogP contribution in [0.25, 0.3) is 0 Å². The predicted molar refractivity (Wildman–Crippen MR) is 94.4 cm³/mol. The third-order valence-electron chi connectivity index (χ3n) is 5.02. The summed E-state index contributed by atoms with van der Waals surface area (Å²) in [7, 11) is -1.87. The minimum absolute atomic E-state index is 0.0947. The molecule has 0 spiro atoms. The molecule has 0 saturated carbocycles. The SMILES string of the molecule is CC(C)[C@@H]([C@@H](C)C(=O)N1CCOC1=O)[Si](C)(C)c1ccccc1. The maximum absolute atomic E-state index is 12.8. The molecular weight excluding hydrogens is 306 g/mol. The van der Waals surface area contributed by atoms with Crippen molar-refractivity contribution in [2.45, 2.75) is 39.4 Å². The van der Waals surface area contributed by atoms with Gasteiger partial charge in [0.05, 0.1) is 14.6 Å². The Kier molecular flexibility index (Phi) is 5.29. The smallest absolute Gasteiger partial charge is 0.416 e. The first-order valence-corrected chi connectivity index (χ1v) is 11.4. The minimum Gasteiger partial charge on any atom is -0.447 e. The first kappa shape index (κ1) is 17.7. The molecule has 2 atom stereocenters. The monoisotopic (exact) mass is 333 g/mol. The highest BCUT2D eigenvalue weighted by Gasteiger charge is 2.44. The van der Waals surface area contributed by atoms with Gasteiger partial charge < -0.3 is 4.74 Å². The third-order valence-corrected chi connectivity index (χ3v) is 9.68. The van der Waals surface area contributed by atoms with Crippen molar-refractivity contribution in [2.24, 2.45) is 11.8 Å². The van der Waals surface area contributed by atoms with Gasteiger partial charge in [0.25, 0.3) is 0 Å². The maximum Gasteiger partial charge on any atom is 0.416 e. The van der Waals surface area contributed by atoms with Crippen molar-refractivity contribution in [3.05, 3.63) is 30.3 Å². The van der Waals surface area contributed by atoms with E-state index in [1.807, 2.05) is 13.0 Å². The average Bonchev–Trinajstić information content (AvgIpc) is 2.92. The molecule has 0 bridgehead atoms. The number of cyclic esters (lactones) is 1. The van der Waals surface area contributed by atoms with Crippen molar-refractivity contribution < 1.29 is 14.3 Å². The van der Waals surface area contributed by atoms with Crippen molar-refractivity contribution in [3.8, 4) is 0 Å². The van der Waals surface area contributed by atoms with Crippen LogP contribution in [0.1, 0.15) is 20.8 Å². The van der Waals surface area contributed by atoms with E-state index in [2.05, 4.69) is 51.2 Å². The fraction of sp³-hybridized carbons (Fsp3) is 0.556. The van der Waals surface area contributed by atoms with Gasteiger partial charge in [-0.2, -0.15) is 0 Å². The number of hydrogen-bond acceptors (Lipinski definition) is 3. The van der Waals surface area contributed by atoms with E-state index in [9.17, 15) is 9.59 Å². The van der Waals surface area contributed by atoms with Gasteiger partial charge in [-0.05, 0) is 11.5 Å². The average molecular weight is 334 g/mol. The molecule has 1 fully saturated rings. The van der Waals surface area contributed by atoms with Crippen molar-refractivity contribution in [2.75, 3.05) is 13.2 Å². The molecule has 1 aliphatic heterocycles. The highest BCUT2D eigenvalue weighted by molar-refractivity contribution is 6.91. The molecule has 1 aromatic carbocycles. The topological polar surface area (TPSA) is 46.6 Å². The number of imide groups is 1. The summed E-state index contributed by atoms with van der Waals surface area (Å²) in [6.07, 6.45) is -0.497. The van der Waals surface area contributed by atoms with Gasteiger partial charge in [0.2, 0.25) is 5.91 Å². The van der Waals surface area contributed by atoms with Crippen molar-refractivity contribution in [1.29, 1.82) is 0 Å². The van der Waals surface area contributed by atoms with Crippen LogP contribution in [0.15, 0.2) is 30.3 Å². The van der Waals surface area contributed by atoms with Crippen molar-refractivity contribution in [3.63, 3.8) is 0 Å². The summed E-state index contributed by atoms with van der Waals surface area (Å²) in [5.74, 6) is 0.0830. The molecule has 0 radical (unpaired) electrons. The number of carbonyl (C=O) groups is 2. The molecular formula is C18H27NO3Si. The molecule has 23 heavy (non-hydrogen) atoms. The van der Waals surface area contributed by atoms with E-state index in [1.165, 1.54) is 10.1 Å². The van der Waals surface area contributed by atoms with Crippen molar-refractivity contribution in [1.82, 2.24) is 4.90 Å². The second kappa shape index (κ2) is 6.87. The van der Waals surface area contributed by atoms with E-state index >= 15 is 0 Å². The Balaban J connectivity index is 2.30. The zero-order valence-corrected chi connectivity index (χ0v) is 15.7. The van der Waals surface area contributed by atoms with E-state index < -0.39 is 14.2 Å². The number of ether oxygens (including phenoxy) is 1. The lowest BCUT2D eigenvalue weighted by molar-refractivity contribution is -0.131. The van der Waals surface area contributed by atoms with Gasteiger partial charge in [-0.3, -0.25) is 4.79 Å². The van der Waals surface area contributed by atoms with Crippen LogP contribution in [0.3, 0.4) is 0 Å². The van der Waals surface area contributed by atoms with E-state index in [1.54, 1.807) is 0 Å². The first-order chi connectivity index (χ1) is 10.8. The van der Waals surface area contributed by atoms with E-state index in [0.717, 1.165) is 0 Å². The van der Waals surface area contributed by atoms with Crippen LogP contribution < -0.4 is 5.19 Å². The van der Waals surface area contributed by atoms with Gasteiger partial charge in [0, 0.05) is 5.92 Å². The number of amides is 2. The summed E-state index contributed by atoms with van der Waals surface area (Å²) in [6, 6.07) is 10.5. The van der Waals surface area contributed by atoms with Crippen LogP contribution in [-0.2, 0) is 9.53 Å². The fourth-order valence-corrected chi connectivity index (χ4v) is 8.58. The van der Waals surface area contributed by atoms with Crippen LogP contribution in [0.2, 0.25) is 18.6 Å². The molecule has 0 aromatic heterocycles. The Morgan fingerprint density at radius 2 is 1.78 bits per heavy atom. The van der Waals surface area contributed by atoms with Crippen LogP contribution in [0.5, 0.6) is 0 Å². The Morgan fingerprint density at radius 3 is 2.26 bits per heavy atom. The number of rotatable bonds is 5. The molecule has 1 saturated heterocycles. The van der Waals surface area contributed by atoms with Gasteiger partial charge in [0.1, 0.15) is 6.61 Å². The van der Waals surface area contributed by atoms with Gasteiger partial charge in [-0.25, -0.2) is 9.69 Å². The molecule has 4 nitrogen and oxygen atoms in total. The van der Waals surface area contributed by atoms with Gasteiger partial charge in [0.15, 0.2) is 0 Å². The van der Waals surface area contributed by atoms with Gasteiger partial charge in [-0.15, -0.1) is 0 Å². The number of benzene rings is 1. The van der Waals surface area contributed by atoms with E-state index in [0.29, 0.717) is 19.1 Å². The largest absolute Gasteiger partial charge is 0.447 e. The Labute approximate surface area is 139 Å². The van der Waals surface area contributed by atoms with Crippen LogP contribution in [0.4, 0.5) is 4.79 Å². The van der Waals surface area contributed by atoms with Gasteiger partial charge in [-0.1, -0.05) is 69.4 Å². The predicted octanol–water partition coefficient (Wildman–Crippen LogP) is 3.24. The molecule has 1 heterocycles. The first-order valence-electron chi connectivity index (χ1n) is 8.30. The number of hydrogen-bond donors (Lipinski definition) is 0. The number of nitrogens with zero attached hydrogens (tertiary/aromatic N) is 1. The van der Waals surface area contributed by atoms with Gasteiger partial charge >= 0.3 is 6.09 Å².